The van der Waals surface area contributed by atoms with Gasteiger partial charge in [0.15, 0.2) is 22.7 Å². The average Bonchev–Trinajstić information content (AvgIpc) is 3.82. The Morgan fingerprint density at radius 2 is 1.77 bits per heavy atom. The van der Waals surface area contributed by atoms with Crippen molar-refractivity contribution in [2.75, 3.05) is 16.8 Å². The molecule has 2 aliphatic carbocycles. The minimum absolute atomic E-state index is 0.00738. The lowest BCUT2D eigenvalue weighted by Gasteiger charge is -2.47. The molecular formula is C35H37F3N4O5S. The van der Waals surface area contributed by atoms with Crippen LogP contribution < -0.4 is 19.7 Å². The molecule has 0 radical (unpaired) electrons. The van der Waals surface area contributed by atoms with Crippen LogP contribution in [0.15, 0.2) is 65.7 Å². The zero-order chi connectivity index (χ0) is 33.9. The molecule has 1 amide bonds. The molecule has 3 fully saturated rings. The minimum Gasteiger partial charge on any atom is -0.477 e. The lowest BCUT2D eigenvalue weighted by molar-refractivity contribution is -0.128. The third-order valence-corrected chi connectivity index (χ3v) is 11.3. The van der Waals surface area contributed by atoms with E-state index in [1.807, 2.05) is 25.1 Å². The number of pyridine rings is 1. The van der Waals surface area contributed by atoms with Gasteiger partial charge in [0.2, 0.25) is 5.92 Å². The van der Waals surface area contributed by atoms with Gasteiger partial charge >= 0.3 is 0 Å². The average molecular weight is 683 g/mol. The number of hydrogen-bond acceptors (Lipinski definition) is 8. The number of sulfonamides is 1. The number of halogens is 3. The number of rotatable bonds is 7. The van der Waals surface area contributed by atoms with Crippen molar-refractivity contribution in [1.82, 2.24) is 9.71 Å². The Kier molecular flexibility index (Phi) is 7.96. The summed E-state index contributed by atoms with van der Waals surface area (Å²) >= 11 is 0. The summed E-state index contributed by atoms with van der Waals surface area (Å²) in [7, 11) is -4.47. The Labute approximate surface area is 277 Å². The van der Waals surface area contributed by atoms with Gasteiger partial charge in [-0.2, -0.15) is 8.42 Å². The number of para-hydroxylation sites is 1. The SMILES string of the molecule is Cc1ccc(C2CCC(F)(F)CC2)c(OC2(C(=O)NS(=O)(=O)c3cccc(N4CCC5(CC(=O)c6ccccc6N5)CC4F)n3)CC2)c1. The predicted octanol–water partition coefficient (Wildman–Crippen LogP) is 6.43. The molecule has 2 unspecified atom stereocenters. The zero-order valence-corrected chi connectivity index (χ0v) is 27.3. The van der Waals surface area contributed by atoms with E-state index in [-0.39, 0.29) is 75.4 Å². The van der Waals surface area contributed by atoms with E-state index in [9.17, 15) is 26.8 Å². The van der Waals surface area contributed by atoms with Gasteiger partial charge in [-0.05, 0) is 73.6 Å². The van der Waals surface area contributed by atoms with Crippen molar-refractivity contribution in [2.45, 2.75) is 99.0 Å². The van der Waals surface area contributed by atoms with E-state index < -0.39 is 44.3 Å². The molecule has 1 spiro atoms. The summed E-state index contributed by atoms with van der Waals surface area (Å²) in [6.45, 7) is 2.03. The minimum atomic E-state index is -4.47. The zero-order valence-electron chi connectivity index (χ0n) is 26.5. The third-order valence-electron chi connectivity index (χ3n) is 10.1. The van der Waals surface area contributed by atoms with Gasteiger partial charge < -0.3 is 15.0 Å². The van der Waals surface area contributed by atoms with Gasteiger partial charge in [-0.3, -0.25) is 9.59 Å². The van der Waals surface area contributed by atoms with Crippen molar-refractivity contribution in [3.8, 4) is 5.75 Å². The number of piperidine rings is 1. The number of carbonyl (C=O) groups excluding carboxylic acids is 2. The lowest BCUT2D eigenvalue weighted by Crippen LogP contribution is -2.55. The molecule has 2 saturated carbocycles. The number of Topliss-reactive ketones (excluding diaryl/α,β-unsaturated/α-hetero) is 1. The van der Waals surface area contributed by atoms with E-state index in [1.54, 1.807) is 24.3 Å². The molecule has 3 heterocycles. The van der Waals surface area contributed by atoms with Crippen molar-refractivity contribution >= 4 is 33.2 Å². The number of aromatic nitrogens is 1. The van der Waals surface area contributed by atoms with Crippen molar-refractivity contribution in [1.29, 1.82) is 0 Å². The Morgan fingerprint density at radius 3 is 2.50 bits per heavy atom. The molecule has 48 heavy (non-hydrogen) atoms. The fourth-order valence-electron chi connectivity index (χ4n) is 7.21. The van der Waals surface area contributed by atoms with Crippen LogP contribution in [0.1, 0.15) is 85.2 Å². The maximum Gasteiger partial charge on any atom is 0.281 e. The van der Waals surface area contributed by atoms with Crippen LogP contribution in [0.5, 0.6) is 5.75 Å². The van der Waals surface area contributed by atoms with Crippen LogP contribution in [-0.2, 0) is 14.8 Å². The number of nitrogens with zero attached hydrogens (tertiary/aromatic N) is 2. The predicted molar refractivity (Wildman–Crippen MR) is 173 cm³/mol. The van der Waals surface area contributed by atoms with Crippen LogP contribution in [0.4, 0.5) is 24.7 Å². The molecule has 9 nitrogen and oxygen atoms in total. The van der Waals surface area contributed by atoms with Crippen LogP contribution in [-0.4, -0.2) is 55.0 Å². The number of aryl methyl sites for hydroxylation is 1. The summed E-state index contributed by atoms with van der Waals surface area (Å²) in [5, 5.41) is 2.93. The van der Waals surface area contributed by atoms with Crippen LogP contribution in [0.3, 0.4) is 0 Å². The summed E-state index contributed by atoms with van der Waals surface area (Å²) in [6.07, 6.45) is -0.330. The standard InChI is InChI=1S/C35H37F3N4O5S/c1-22-9-10-24(23-11-13-35(37,38)14-12-23)28(19-22)47-34(15-16-34)32(44)41-48(45,46)31-8-4-7-30(39-31)42-18-17-33(21-29(42)36)20-27(43)25-5-2-3-6-26(25)40-33/h2-10,19,23,29,40H,11-18,20-21H2,1H3,(H,41,44). The third kappa shape index (κ3) is 6.24. The molecule has 1 saturated heterocycles. The van der Waals surface area contributed by atoms with E-state index in [0.717, 1.165) is 11.1 Å². The summed E-state index contributed by atoms with van der Waals surface area (Å²) < 4.78 is 78.6. The highest BCUT2D eigenvalue weighted by Gasteiger charge is 2.55. The second kappa shape index (κ2) is 11.8. The summed E-state index contributed by atoms with van der Waals surface area (Å²) in [5.41, 5.74) is 0.637. The number of alkyl halides is 3. The molecule has 3 aromatic rings. The topological polar surface area (TPSA) is 118 Å². The van der Waals surface area contributed by atoms with Gasteiger partial charge in [0.1, 0.15) is 11.6 Å². The highest BCUT2D eigenvalue weighted by molar-refractivity contribution is 7.90. The van der Waals surface area contributed by atoms with Crippen molar-refractivity contribution in [3.63, 3.8) is 0 Å². The number of ether oxygens (including phenoxy) is 1. The van der Waals surface area contributed by atoms with Gasteiger partial charge in [0.25, 0.3) is 15.9 Å². The Balaban J connectivity index is 1.04. The maximum atomic E-state index is 15.8. The monoisotopic (exact) mass is 682 g/mol. The van der Waals surface area contributed by atoms with Crippen molar-refractivity contribution < 1.29 is 35.9 Å². The lowest BCUT2D eigenvalue weighted by atomic mass is 9.78. The van der Waals surface area contributed by atoms with Gasteiger partial charge in [-0.1, -0.05) is 30.3 Å². The maximum absolute atomic E-state index is 15.8. The van der Waals surface area contributed by atoms with Gasteiger partial charge in [0.05, 0.1) is 5.54 Å². The summed E-state index contributed by atoms with van der Waals surface area (Å²) in [6, 6.07) is 16.8. The second-order valence-electron chi connectivity index (χ2n) is 13.7. The molecule has 0 bridgehead atoms. The fraction of sp³-hybridized carbons (Fsp3) is 0.457. The number of amides is 1. The van der Waals surface area contributed by atoms with E-state index in [1.165, 1.54) is 23.1 Å². The van der Waals surface area contributed by atoms with E-state index in [4.69, 9.17) is 4.74 Å². The molecule has 1 aromatic heterocycles. The Hall–Kier alpha value is -4.13. The fourth-order valence-corrected chi connectivity index (χ4v) is 8.21. The molecule has 13 heteroatoms. The van der Waals surface area contributed by atoms with Crippen LogP contribution in [0.25, 0.3) is 0 Å². The first kappa shape index (κ1) is 32.4. The molecule has 2 N–H and O–H groups in total. The van der Waals surface area contributed by atoms with Crippen LogP contribution in [0.2, 0.25) is 0 Å². The van der Waals surface area contributed by atoms with Crippen molar-refractivity contribution in [2.24, 2.45) is 0 Å². The number of ketones is 1. The molecular weight excluding hydrogens is 645 g/mol. The highest BCUT2D eigenvalue weighted by atomic mass is 32.2. The quantitative estimate of drug-likeness (QED) is 0.274. The summed E-state index contributed by atoms with van der Waals surface area (Å²) in [5.74, 6) is -3.28. The highest BCUT2D eigenvalue weighted by Crippen LogP contribution is 2.47. The molecule has 4 aliphatic rings. The molecule has 254 valence electrons. The molecule has 7 rings (SSSR count). The smallest absolute Gasteiger partial charge is 0.281 e. The first-order chi connectivity index (χ1) is 22.8. The van der Waals surface area contributed by atoms with Gasteiger partial charge in [0, 0.05) is 56.3 Å². The number of carbonyl (C=O) groups is 2. The number of nitrogens with one attached hydrogen (secondary N) is 2. The number of hydrogen-bond donors (Lipinski definition) is 2. The number of anilines is 2. The first-order valence-electron chi connectivity index (χ1n) is 16.3. The first-order valence-corrected chi connectivity index (χ1v) is 17.8. The molecule has 2 aliphatic heterocycles. The van der Waals surface area contributed by atoms with Crippen LogP contribution >= 0.6 is 0 Å². The van der Waals surface area contributed by atoms with Crippen molar-refractivity contribution in [3.05, 3.63) is 77.4 Å². The number of fused-ring (bicyclic) bond motifs is 1. The van der Waals surface area contributed by atoms with E-state index >= 15 is 4.39 Å². The largest absolute Gasteiger partial charge is 0.477 e. The molecule has 2 aromatic carbocycles. The Bertz CT molecular complexity index is 1880. The summed E-state index contributed by atoms with van der Waals surface area (Å²) in [4.78, 5) is 31.9. The molecule has 2 atom stereocenters. The second-order valence-corrected chi connectivity index (χ2v) is 15.3. The number of benzene rings is 2. The Morgan fingerprint density at radius 1 is 1.02 bits per heavy atom. The van der Waals surface area contributed by atoms with E-state index in [2.05, 4.69) is 15.0 Å². The van der Waals surface area contributed by atoms with E-state index in [0.29, 0.717) is 23.4 Å². The van der Waals surface area contributed by atoms with Gasteiger partial charge in [-0.25, -0.2) is 22.9 Å². The normalized spacial score (nSPS) is 24.8. The van der Waals surface area contributed by atoms with Crippen LogP contribution in [0, 0.1) is 6.92 Å². The van der Waals surface area contributed by atoms with Gasteiger partial charge in [-0.15, -0.1) is 0 Å².